The summed E-state index contributed by atoms with van der Waals surface area (Å²) < 4.78 is 1.45. The molecule has 2 amide bonds. The summed E-state index contributed by atoms with van der Waals surface area (Å²) in [5.41, 5.74) is 7.07. The molecule has 1 aromatic carbocycles. The Kier molecular flexibility index (Phi) is 3.15. The summed E-state index contributed by atoms with van der Waals surface area (Å²) in [6.45, 7) is 0.269. The van der Waals surface area contributed by atoms with Crippen molar-refractivity contribution in [2.45, 2.75) is 13.1 Å². The van der Waals surface area contributed by atoms with Crippen LogP contribution in [0.3, 0.4) is 0 Å². The fraction of sp³-hybridized carbons (Fsp3) is 0.231. The number of fused-ring (bicyclic) bond motifs is 1. The van der Waals surface area contributed by atoms with Crippen molar-refractivity contribution in [2.24, 2.45) is 0 Å². The molecule has 21 heavy (non-hydrogen) atoms. The van der Waals surface area contributed by atoms with Gasteiger partial charge in [0.25, 0.3) is 11.8 Å². The van der Waals surface area contributed by atoms with Crippen LogP contribution in [0.5, 0.6) is 0 Å². The monoisotopic (exact) mass is 287 g/mol. The van der Waals surface area contributed by atoms with Gasteiger partial charge in [-0.2, -0.15) is 0 Å². The highest BCUT2D eigenvalue weighted by atomic mass is 16.3. The van der Waals surface area contributed by atoms with Gasteiger partial charge in [0.2, 0.25) is 0 Å². The number of nitrogens with zero attached hydrogens (tertiary/aromatic N) is 4. The molecular formula is C13H13N5O3. The number of aliphatic hydroxyl groups excluding tert-OH is 1. The van der Waals surface area contributed by atoms with Crippen molar-refractivity contribution in [3.8, 4) is 0 Å². The van der Waals surface area contributed by atoms with Crippen LogP contribution in [0.1, 0.15) is 26.4 Å². The molecule has 1 aliphatic heterocycles. The zero-order chi connectivity index (χ0) is 15.0. The SMILES string of the molecule is Nc1cccc2c1C(=O)N(Cc1cn(CCO)nn1)C2=O. The predicted molar refractivity (Wildman–Crippen MR) is 72.2 cm³/mol. The molecule has 2 heterocycles. The molecule has 1 aliphatic rings. The first-order chi connectivity index (χ1) is 10.1. The number of hydrogen-bond donors (Lipinski definition) is 2. The molecule has 8 heteroatoms. The minimum atomic E-state index is -0.426. The first kappa shape index (κ1) is 13.3. The van der Waals surface area contributed by atoms with Crippen LogP contribution in [0.4, 0.5) is 5.69 Å². The van der Waals surface area contributed by atoms with E-state index in [1.807, 2.05) is 0 Å². The van der Waals surface area contributed by atoms with Gasteiger partial charge in [-0.1, -0.05) is 11.3 Å². The Balaban J connectivity index is 1.86. The van der Waals surface area contributed by atoms with Crippen molar-refractivity contribution in [3.05, 3.63) is 41.2 Å². The van der Waals surface area contributed by atoms with Gasteiger partial charge in [0.05, 0.1) is 37.0 Å². The zero-order valence-electron chi connectivity index (χ0n) is 11.1. The van der Waals surface area contributed by atoms with E-state index in [1.54, 1.807) is 24.4 Å². The number of nitrogens with two attached hydrogens (primary N) is 1. The summed E-state index contributed by atoms with van der Waals surface area (Å²) in [7, 11) is 0. The van der Waals surface area contributed by atoms with E-state index in [2.05, 4.69) is 10.3 Å². The predicted octanol–water partition coefficient (Wildman–Crippen LogP) is -0.351. The van der Waals surface area contributed by atoms with E-state index < -0.39 is 5.91 Å². The molecule has 0 aliphatic carbocycles. The standard InChI is InChI=1S/C13H13N5O3/c14-10-3-1-2-9-11(10)13(21)18(12(9)20)7-8-6-17(4-5-19)16-15-8/h1-3,6,19H,4-5,7,14H2. The van der Waals surface area contributed by atoms with E-state index in [9.17, 15) is 9.59 Å². The van der Waals surface area contributed by atoms with E-state index in [0.717, 1.165) is 4.90 Å². The minimum Gasteiger partial charge on any atom is -0.398 e. The summed E-state index contributed by atoms with van der Waals surface area (Å²) in [6, 6.07) is 4.81. The molecule has 1 aromatic heterocycles. The van der Waals surface area contributed by atoms with Gasteiger partial charge < -0.3 is 10.8 Å². The van der Waals surface area contributed by atoms with Crippen molar-refractivity contribution < 1.29 is 14.7 Å². The van der Waals surface area contributed by atoms with E-state index in [1.165, 1.54) is 4.68 Å². The van der Waals surface area contributed by atoms with Crippen molar-refractivity contribution in [1.29, 1.82) is 0 Å². The maximum atomic E-state index is 12.3. The second-order valence-corrected chi connectivity index (χ2v) is 4.66. The highest BCUT2D eigenvalue weighted by Gasteiger charge is 2.37. The van der Waals surface area contributed by atoms with Crippen molar-refractivity contribution in [2.75, 3.05) is 12.3 Å². The number of benzene rings is 1. The molecule has 0 spiro atoms. The van der Waals surface area contributed by atoms with E-state index >= 15 is 0 Å². The lowest BCUT2D eigenvalue weighted by Crippen LogP contribution is -2.29. The Bertz CT molecular complexity index is 724. The van der Waals surface area contributed by atoms with Crippen molar-refractivity contribution in [1.82, 2.24) is 19.9 Å². The Morgan fingerprint density at radius 1 is 1.24 bits per heavy atom. The Morgan fingerprint density at radius 2 is 2.05 bits per heavy atom. The lowest BCUT2D eigenvalue weighted by atomic mass is 10.1. The van der Waals surface area contributed by atoms with Gasteiger partial charge in [-0.25, -0.2) is 4.68 Å². The summed E-state index contributed by atoms with van der Waals surface area (Å²) in [6.07, 6.45) is 1.59. The quantitative estimate of drug-likeness (QED) is 0.586. The molecule has 2 aromatic rings. The van der Waals surface area contributed by atoms with Crippen LogP contribution >= 0.6 is 0 Å². The largest absolute Gasteiger partial charge is 0.398 e. The minimum absolute atomic E-state index is 0.0250. The summed E-state index contributed by atoms with van der Waals surface area (Å²) in [5, 5.41) is 16.5. The zero-order valence-corrected chi connectivity index (χ0v) is 11.1. The van der Waals surface area contributed by atoms with Crippen LogP contribution in [0.15, 0.2) is 24.4 Å². The smallest absolute Gasteiger partial charge is 0.264 e. The van der Waals surface area contributed by atoms with Crippen LogP contribution in [0.25, 0.3) is 0 Å². The molecule has 0 saturated carbocycles. The number of hydrogen-bond acceptors (Lipinski definition) is 6. The lowest BCUT2D eigenvalue weighted by molar-refractivity contribution is 0.0640. The van der Waals surface area contributed by atoms with Gasteiger partial charge in [0.1, 0.15) is 5.69 Å². The van der Waals surface area contributed by atoms with E-state index in [4.69, 9.17) is 10.8 Å². The van der Waals surface area contributed by atoms with E-state index in [-0.39, 0.29) is 30.3 Å². The van der Waals surface area contributed by atoms with Crippen LogP contribution in [-0.2, 0) is 13.1 Å². The topological polar surface area (TPSA) is 114 Å². The van der Waals surface area contributed by atoms with Crippen LogP contribution < -0.4 is 5.73 Å². The molecule has 3 rings (SSSR count). The fourth-order valence-electron chi connectivity index (χ4n) is 2.29. The number of amides is 2. The molecule has 0 bridgehead atoms. The van der Waals surface area contributed by atoms with Crippen molar-refractivity contribution in [3.63, 3.8) is 0 Å². The summed E-state index contributed by atoms with van der Waals surface area (Å²) in [4.78, 5) is 25.6. The Morgan fingerprint density at radius 3 is 2.76 bits per heavy atom. The van der Waals surface area contributed by atoms with Crippen molar-refractivity contribution >= 4 is 17.5 Å². The molecule has 0 saturated heterocycles. The number of anilines is 1. The molecule has 0 radical (unpaired) electrons. The third kappa shape index (κ3) is 2.15. The second kappa shape index (κ2) is 4.98. The highest BCUT2D eigenvalue weighted by Crippen LogP contribution is 2.28. The maximum Gasteiger partial charge on any atom is 0.264 e. The van der Waals surface area contributed by atoms with Crippen LogP contribution in [0.2, 0.25) is 0 Å². The van der Waals surface area contributed by atoms with E-state index in [0.29, 0.717) is 17.8 Å². The molecule has 0 atom stereocenters. The number of nitrogen functional groups attached to an aromatic ring is 1. The number of imide groups is 1. The number of rotatable bonds is 4. The maximum absolute atomic E-state index is 12.3. The number of carbonyl (C=O) groups is 2. The first-order valence-corrected chi connectivity index (χ1v) is 6.36. The molecule has 8 nitrogen and oxygen atoms in total. The molecule has 3 N–H and O–H groups in total. The number of carbonyl (C=O) groups excluding carboxylic acids is 2. The summed E-state index contributed by atoms with van der Waals surface area (Å²) >= 11 is 0. The van der Waals surface area contributed by atoms with Gasteiger partial charge >= 0.3 is 0 Å². The normalized spacial score (nSPS) is 13.9. The fourth-order valence-corrected chi connectivity index (χ4v) is 2.29. The first-order valence-electron chi connectivity index (χ1n) is 6.36. The average Bonchev–Trinajstić information content (AvgIpc) is 2.99. The van der Waals surface area contributed by atoms with Gasteiger partial charge in [-0.05, 0) is 12.1 Å². The number of aliphatic hydroxyl groups is 1. The van der Waals surface area contributed by atoms with Gasteiger partial charge in [-0.15, -0.1) is 5.10 Å². The van der Waals surface area contributed by atoms with Gasteiger partial charge in [0.15, 0.2) is 0 Å². The number of aromatic nitrogens is 3. The Labute approximate surface area is 119 Å². The highest BCUT2D eigenvalue weighted by molar-refractivity contribution is 6.23. The van der Waals surface area contributed by atoms with Gasteiger partial charge in [0, 0.05) is 5.69 Å². The average molecular weight is 287 g/mol. The molecule has 0 unspecified atom stereocenters. The lowest BCUT2D eigenvalue weighted by Gasteiger charge is -2.11. The molecular weight excluding hydrogens is 274 g/mol. The third-order valence-electron chi connectivity index (χ3n) is 3.27. The Hall–Kier alpha value is -2.74. The third-order valence-corrected chi connectivity index (χ3v) is 3.27. The second-order valence-electron chi connectivity index (χ2n) is 4.66. The van der Waals surface area contributed by atoms with Gasteiger partial charge in [-0.3, -0.25) is 14.5 Å². The van der Waals surface area contributed by atoms with Crippen LogP contribution in [0, 0.1) is 0 Å². The molecule has 108 valence electrons. The van der Waals surface area contributed by atoms with Crippen LogP contribution in [-0.4, -0.2) is 43.4 Å². The molecule has 0 fully saturated rings. The summed E-state index contributed by atoms with van der Waals surface area (Å²) in [5.74, 6) is -0.816.